The number of hydrogen-bond acceptors (Lipinski definition) is 2. The molecule has 1 fully saturated rings. The molecular weight excluding hydrogens is 286 g/mol. The Hall–Kier alpha value is -0.643. The van der Waals surface area contributed by atoms with E-state index < -0.39 is 8.07 Å². The molecule has 0 amide bonds. The summed E-state index contributed by atoms with van der Waals surface area (Å²) in [7, 11) is -1.17. The van der Waals surface area contributed by atoms with Crippen LogP contribution in [-0.2, 0) is 11.2 Å². The molecule has 0 radical (unpaired) electrons. The van der Waals surface area contributed by atoms with E-state index in [0.29, 0.717) is 18.1 Å². The topological polar surface area (TPSA) is 12.5 Å². The molecule has 0 bridgehead atoms. The second kappa shape index (κ2) is 7.29. The highest BCUT2D eigenvalue weighted by Gasteiger charge is 2.23. The van der Waals surface area contributed by atoms with Crippen LogP contribution in [0.15, 0.2) is 24.3 Å². The van der Waals surface area contributed by atoms with Crippen molar-refractivity contribution in [1.29, 1.82) is 0 Å². The molecule has 3 atom stereocenters. The molecule has 1 saturated heterocycles. The smallest absolute Gasteiger partial charge is 0.0775 e. The van der Waals surface area contributed by atoms with Crippen LogP contribution < -0.4 is 5.19 Å². The molecule has 0 saturated carbocycles. The van der Waals surface area contributed by atoms with Gasteiger partial charge in [0.05, 0.1) is 20.3 Å². The third kappa shape index (κ3) is 5.22. The first-order valence-corrected chi connectivity index (χ1v) is 12.2. The first kappa shape index (κ1) is 17.7. The Labute approximate surface area is 137 Å². The minimum atomic E-state index is -1.17. The first-order valence-electron chi connectivity index (χ1n) is 8.71. The Morgan fingerprint density at radius 1 is 1.09 bits per heavy atom. The van der Waals surface area contributed by atoms with Crippen LogP contribution >= 0.6 is 0 Å². The van der Waals surface area contributed by atoms with Crippen molar-refractivity contribution in [1.82, 2.24) is 4.90 Å². The fraction of sp³-hybridized carbons (Fsp3) is 0.684. The molecule has 1 aromatic rings. The number of nitrogens with zero attached hydrogens (tertiary/aromatic N) is 1. The minimum absolute atomic E-state index is 0.368. The lowest BCUT2D eigenvalue weighted by atomic mass is 10.00. The maximum atomic E-state index is 5.82. The van der Waals surface area contributed by atoms with Crippen molar-refractivity contribution in [2.45, 2.75) is 59.0 Å². The zero-order chi connectivity index (χ0) is 16.3. The van der Waals surface area contributed by atoms with E-state index in [9.17, 15) is 0 Å². The highest BCUT2D eigenvalue weighted by atomic mass is 28.3. The van der Waals surface area contributed by atoms with Gasteiger partial charge in [0, 0.05) is 19.6 Å². The maximum Gasteiger partial charge on any atom is 0.0775 e. The Morgan fingerprint density at radius 3 is 2.14 bits per heavy atom. The van der Waals surface area contributed by atoms with Gasteiger partial charge in [-0.2, -0.15) is 0 Å². The van der Waals surface area contributed by atoms with Gasteiger partial charge in [-0.3, -0.25) is 4.90 Å². The van der Waals surface area contributed by atoms with Gasteiger partial charge in [0.2, 0.25) is 0 Å². The molecule has 1 heterocycles. The van der Waals surface area contributed by atoms with Gasteiger partial charge in [0.1, 0.15) is 0 Å². The molecule has 22 heavy (non-hydrogen) atoms. The van der Waals surface area contributed by atoms with Crippen molar-refractivity contribution in [3.63, 3.8) is 0 Å². The summed E-state index contributed by atoms with van der Waals surface area (Å²) < 4.78 is 5.82. The van der Waals surface area contributed by atoms with E-state index in [0.717, 1.165) is 13.1 Å². The van der Waals surface area contributed by atoms with Gasteiger partial charge in [0.15, 0.2) is 0 Å². The molecule has 1 aliphatic rings. The minimum Gasteiger partial charge on any atom is -0.373 e. The van der Waals surface area contributed by atoms with Gasteiger partial charge in [-0.25, -0.2) is 0 Å². The van der Waals surface area contributed by atoms with Crippen molar-refractivity contribution in [2.24, 2.45) is 5.92 Å². The number of benzene rings is 1. The standard InChI is InChI=1S/C19H33NOSi/c1-15(12-20-13-16(2)21-17(3)14-20)11-18-7-9-19(10-8-18)22(4,5)6/h7-10,15-17H,11-14H2,1-6H3/t15?,16-,17+. The molecular formula is C19H33NOSi. The van der Waals surface area contributed by atoms with Crippen molar-refractivity contribution in [3.8, 4) is 0 Å². The van der Waals surface area contributed by atoms with Crippen LogP contribution in [0, 0.1) is 5.92 Å². The van der Waals surface area contributed by atoms with E-state index in [4.69, 9.17) is 4.74 Å². The van der Waals surface area contributed by atoms with Crippen molar-refractivity contribution in [3.05, 3.63) is 29.8 Å². The SMILES string of the molecule is CC(Cc1ccc([Si](C)(C)C)cc1)CN1C[C@@H](C)O[C@@H](C)C1. The van der Waals surface area contributed by atoms with Crippen molar-refractivity contribution < 1.29 is 4.74 Å². The van der Waals surface area contributed by atoms with Gasteiger partial charge in [0.25, 0.3) is 0 Å². The van der Waals surface area contributed by atoms with Crippen LogP contribution in [0.2, 0.25) is 19.6 Å². The first-order chi connectivity index (χ1) is 10.2. The van der Waals surface area contributed by atoms with E-state index >= 15 is 0 Å². The zero-order valence-corrected chi connectivity index (χ0v) is 16.2. The molecule has 2 rings (SSSR count). The maximum absolute atomic E-state index is 5.82. The second-order valence-electron chi connectivity index (χ2n) is 8.23. The molecule has 1 unspecified atom stereocenters. The summed E-state index contributed by atoms with van der Waals surface area (Å²) in [4.78, 5) is 2.57. The predicted octanol–water partition coefficient (Wildman–Crippen LogP) is 3.52. The monoisotopic (exact) mass is 319 g/mol. The van der Waals surface area contributed by atoms with Gasteiger partial charge < -0.3 is 4.74 Å². The molecule has 0 aromatic heterocycles. The van der Waals surface area contributed by atoms with Gasteiger partial charge in [-0.05, 0) is 31.7 Å². The highest BCUT2D eigenvalue weighted by molar-refractivity contribution is 6.88. The van der Waals surface area contributed by atoms with E-state index in [2.05, 4.69) is 69.6 Å². The second-order valence-corrected chi connectivity index (χ2v) is 13.3. The molecule has 0 aliphatic carbocycles. The van der Waals surface area contributed by atoms with E-state index in [1.54, 1.807) is 5.19 Å². The average molecular weight is 320 g/mol. The van der Waals surface area contributed by atoms with Crippen LogP contribution in [0.25, 0.3) is 0 Å². The molecule has 0 N–H and O–H groups in total. The summed E-state index contributed by atoms with van der Waals surface area (Å²) in [5.74, 6) is 0.690. The quantitative estimate of drug-likeness (QED) is 0.770. The lowest BCUT2D eigenvalue weighted by Crippen LogP contribution is -2.47. The number of morpholine rings is 1. The lowest BCUT2D eigenvalue weighted by Gasteiger charge is -2.36. The van der Waals surface area contributed by atoms with E-state index in [1.165, 1.54) is 18.5 Å². The van der Waals surface area contributed by atoms with Gasteiger partial charge in [-0.15, -0.1) is 0 Å². The Bertz CT molecular complexity index is 455. The zero-order valence-electron chi connectivity index (χ0n) is 15.2. The molecule has 2 nitrogen and oxygen atoms in total. The van der Waals surface area contributed by atoms with E-state index in [1.807, 2.05) is 0 Å². The van der Waals surface area contributed by atoms with Gasteiger partial charge in [-0.1, -0.05) is 56.0 Å². The van der Waals surface area contributed by atoms with Crippen LogP contribution in [0.5, 0.6) is 0 Å². The van der Waals surface area contributed by atoms with Gasteiger partial charge >= 0.3 is 0 Å². The summed E-state index contributed by atoms with van der Waals surface area (Å²) in [6.45, 7) is 17.3. The summed E-state index contributed by atoms with van der Waals surface area (Å²) in [6.07, 6.45) is 1.91. The summed E-state index contributed by atoms with van der Waals surface area (Å²) in [6, 6.07) is 9.39. The Kier molecular flexibility index (Phi) is 5.86. The van der Waals surface area contributed by atoms with Crippen molar-refractivity contribution in [2.75, 3.05) is 19.6 Å². The highest BCUT2D eigenvalue weighted by Crippen LogP contribution is 2.15. The fourth-order valence-corrected chi connectivity index (χ4v) is 4.65. The van der Waals surface area contributed by atoms with E-state index in [-0.39, 0.29) is 0 Å². The number of ether oxygens (including phenoxy) is 1. The summed E-state index contributed by atoms with van der Waals surface area (Å²) >= 11 is 0. The lowest BCUT2D eigenvalue weighted by molar-refractivity contribution is -0.0708. The number of rotatable bonds is 5. The Morgan fingerprint density at radius 2 is 1.64 bits per heavy atom. The largest absolute Gasteiger partial charge is 0.373 e. The fourth-order valence-electron chi connectivity index (χ4n) is 3.48. The summed E-state index contributed by atoms with van der Waals surface area (Å²) in [5.41, 5.74) is 1.48. The molecule has 1 aromatic carbocycles. The normalized spacial score (nSPS) is 25.2. The average Bonchev–Trinajstić information content (AvgIpc) is 2.36. The van der Waals surface area contributed by atoms with Crippen LogP contribution in [0.1, 0.15) is 26.3 Å². The molecule has 1 aliphatic heterocycles. The number of hydrogen-bond donors (Lipinski definition) is 0. The summed E-state index contributed by atoms with van der Waals surface area (Å²) in [5, 5.41) is 1.56. The Balaban J connectivity index is 1.87. The molecule has 0 spiro atoms. The van der Waals surface area contributed by atoms with Crippen LogP contribution in [-0.4, -0.2) is 44.8 Å². The van der Waals surface area contributed by atoms with Crippen molar-refractivity contribution >= 4 is 13.3 Å². The molecule has 3 heteroatoms. The van der Waals surface area contributed by atoms with Crippen LogP contribution in [0.4, 0.5) is 0 Å². The van der Waals surface area contributed by atoms with Crippen LogP contribution in [0.3, 0.4) is 0 Å². The third-order valence-electron chi connectivity index (χ3n) is 4.47. The molecule has 124 valence electrons. The predicted molar refractivity (Wildman–Crippen MR) is 98.7 cm³/mol. The third-order valence-corrected chi connectivity index (χ3v) is 6.53.